The Hall–Kier alpha value is -3.87. The largest absolute Gasteiger partial charge is 0.493 e. The van der Waals surface area contributed by atoms with Crippen molar-refractivity contribution in [3.8, 4) is 17.2 Å². The summed E-state index contributed by atoms with van der Waals surface area (Å²) in [6.45, 7) is 4.91. The lowest BCUT2D eigenvalue weighted by Crippen LogP contribution is -2.17. The molecule has 0 fully saturated rings. The maximum atomic E-state index is 12.0. The minimum atomic E-state index is -0.311. The minimum absolute atomic E-state index is 0.311. The number of nitrogens with one attached hydrogen (secondary N) is 1. The standard InChI is InChI=1S/C24H25N3O4/c1-17-4-6-21(14-18(17)2)30-12-13-31-22-7-5-19(15-23(22)29-3)16-26-27-24(28)20-8-10-25-11-9-20/h4-11,14-16H,12-13H2,1-3H3,(H,27,28). The number of rotatable bonds is 9. The zero-order valence-electron chi connectivity index (χ0n) is 17.8. The molecule has 31 heavy (non-hydrogen) atoms. The second kappa shape index (κ2) is 10.8. The highest BCUT2D eigenvalue weighted by atomic mass is 16.5. The molecule has 0 aliphatic carbocycles. The van der Waals surface area contributed by atoms with Crippen molar-refractivity contribution in [3.63, 3.8) is 0 Å². The average molecular weight is 419 g/mol. The molecule has 160 valence electrons. The van der Waals surface area contributed by atoms with Crippen LogP contribution in [0.5, 0.6) is 17.2 Å². The van der Waals surface area contributed by atoms with Crippen molar-refractivity contribution in [2.45, 2.75) is 13.8 Å². The van der Waals surface area contributed by atoms with Gasteiger partial charge in [0, 0.05) is 18.0 Å². The summed E-state index contributed by atoms with van der Waals surface area (Å²) in [5.74, 6) is 1.67. The van der Waals surface area contributed by atoms with Crippen molar-refractivity contribution in [2.24, 2.45) is 5.10 Å². The summed E-state index contributed by atoms with van der Waals surface area (Å²) in [6, 6.07) is 14.6. The fourth-order valence-electron chi connectivity index (χ4n) is 2.73. The average Bonchev–Trinajstić information content (AvgIpc) is 2.80. The number of hydrogen-bond donors (Lipinski definition) is 1. The van der Waals surface area contributed by atoms with E-state index in [-0.39, 0.29) is 5.91 Å². The van der Waals surface area contributed by atoms with Gasteiger partial charge >= 0.3 is 0 Å². The summed E-state index contributed by atoms with van der Waals surface area (Å²) in [4.78, 5) is 15.9. The zero-order valence-corrected chi connectivity index (χ0v) is 17.8. The topological polar surface area (TPSA) is 82.0 Å². The maximum absolute atomic E-state index is 12.0. The monoisotopic (exact) mass is 419 g/mol. The van der Waals surface area contributed by atoms with Crippen LogP contribution in [-0.2, 0) is 0 Å². The third-order valence-corrected chi connectivity index (χ3v) is 4.60. The van der Waals surface area contributed by atoms with Crippen LogP contribution in [0.15, 0.2) is 66.0 Å². The van der Waals surface area contributed by atoms with Crippen molar-refractivity contribution in [2.75, 3.05) is 20.3 Å². The predicted octanol–water partition coefficient (Wildman–Crippen LogP) is 3.93. The first kappa shape index (κ1) is 21.8. The van der Waals surface area contributed by atoms with Crippen LogP contribution in [0.2, 0.25) is 0 Å². The van der Waals surface area contributed by atoms with Gasteiger partial charge in [-0.15, -0.1) is 0 Å². The normalized spacial score (nSPS) is 10.7. The van der Waals surface area contributed by atoms with Gasteiger partial charge in [-0.3, -0.25) is 9.78 Å². The number of ether oxygens (including phenoxy) is 3. The summed E-state index contributed by atoms with van der Waals surface area (Å²) in [7, 11) is 1.57. The molecule has 3 aromatic rings. The number of nitrogens with zero attached hydrogens (tertiary/aromatic N) is 2. The number of carbonyl (C=O) groups is 1. The zero-order chi connectivity index (χ0) is 22.1. The van der Waals surface area contributed by atoms with Crippen LogP contribution in [0.25, 0.3) is 0 Å². The highest BCUT2D eigenvalue weighted by molar-refractivity contribution is 5.94. The second-order valence-corrected chi connectivity index (χ2v) is 6.79. The first-order valence-corrected chi connectivity index (χ1v) is 9.81. The van der Waals surface area contributed by atoms with Gasteiger partial charge in [-0.1, -0.05) is 6.07 Å². The van der Waals surface area contributed by atoms with E-state index in [1.165, 1.54) is 17.3 Å². The maximum Gasteiger partial charge on any atom is 0.271 e. The Kier molecular flexibility index (Phi) is 7.59. The first-order chi connectivity index (χ1) is 15.1. The fourth-order valence-corrected chi connectivity index (χ4v) is 2.73. The van der Waals surface area contributed by atoms with Crippen LogP contribution in [-0.4, -0.2) is 37.4 Å². The van der Waals surface area contributed by atoms with E-state index >= 15 is 0 Å². The summed E-state index contributed by atoms with van der Waals surface area (Å²) in [5.41, 5.74) is 6.14. The van der Waals surface area contributed by atoms with Crippen LogP contribution in [0.3, 0.4) is 0 Å². The Morgan fingerprint density at radius 2 is 1.74 bits per heavy atom. The van der Waals surface area contributed by atoms with E-state index in [2.05, 4.69) is 29.4 Å². The third kappa shape index (κ3) is 6.30. The van der Waals surface area contributed by atoms with Crippen LogP contribution >= 0.6 is 0 Å². The summed E-state index contributed by atoms with van der Waals surface area (Å²) < 4.78 is 16.9. The molecule has 7 nitrogen and oxygen atoms in total. The molecule has 1 amide bonds. The van der Waals surface area contributed by atoms with Crippen LogP contribution in [0.1, 0.15) is 27.0 Å². The Balaban J connectivity index is 1.52. The Labute approximate surface area is 181 Å². The van der Waals surface area contributed by atoms with Gasteiger partial charge in [0.05, 0.1) is 13.3 Å². The molecule has 7 heteroatoms. The molecule has 1 aromatic heterocycles. The number of carbonyl (C=O) groups excluding carboxylic acids is 1. The molecule has 0 aliphatic heterocycles. The minimum Gasteiger partial charge on any atom is -0.493 e. The van der Waals surface area contributed by atoms with Crippen molar-refractivity contribution < 1.29 is 19.0 Å². The van der Waals surface area contributed by atoms with Crippen molar-refractivity contribution in [1.29, 1.82) is 0 Å². The molecule has 1 N–H and O–H groups in total. The molecule has 3 rings (SSSR count). The Morgan fingerprint density at radius 1 is 0.968 bits per heavy atom. The lowest BCUT2D eigenvalue weighted by Gasteiger charge is -2.12. The molecule has 0 radical (unpaired) electrons. The fraction of sp³-hybridized carbons (Fsp3) is 0.208. The molecule has 0 spiro atoms. The summed E-state index contributed by atoms with van der Waals surface area (Å²) in [6.07, 6.45) is 4.64. The highest BCUT2D eigenvalue weighted by Crippen LogP contribution is 2.27. The quantitative estimate of drug-likeness (QED) is 0.323. The number of methoxy groups -OCH3 is 1. The lowest BCUT2D eigenvalue weighted by molar-refractivity contribution is 0.0955. The smallest absolute Gasteiger partial charge is 0.271 e. The summed E-state index contributed by atoms with van der Waals surface area (Å²) >= 11 is 0. The van der Waals surface area contributed by atoms with E-state index in [1.54, 1.807) is 43.8 Å². The van der Waals surface area contributed by atoms with Gasteiger partial charge in [0.2, 0.25) is 0 Å². The van der Waals surface area contributed by atoms with Gasteiger partial charge in [-0.05, 0) is 73.0 Å². The number of aryl methyl sites for hydroxylation is 2. The van der Waals surface area contributed by atoms with E-state index in [4.69, 9.17) is 14.2 Å². The predicted molar refractivity (Wildman–Crippen MR) is 119 cm³/mol. The number of amides is 1. The molecular weight excluding hydrogens is 394 g/mol. The van der Waals surface area contributed by atoms with Crippen LogP contribution < -0.4 is 19.6 Å². The van der Waals surface area contributed by atoms with Gasteiger partial charge in [-0.2, -0.15) is 5.10 Å². The number of hydrogen-bond acceptors (Lipinski definition) is 6. The lowest BCUT2D eigenvalue weighted by atomic mass is 10.1. The van der Waals surface area contributed by atoms with Gasteiger partial charge in [0.25, 0.3) is 5.91 Å². The molecular formula is C24H25N3O4. The summed E-state index contributed by atoms with van der Waals surface area (Å²) in [5, 5.41) is 3.98. The van der Waals surface area contributed by atoms with Crippen molar-refractivity contribution >= 4 is 12.1 Å². The number of pyridine rings is 1. The van der Waals surface area contributed by atoms with E-state index < -0.39 is 0 Å². The highest BCUT2D eigenvalue weighted by Gasteiger charge is 2.06. The van der Waals surface area contributed by atoms with Gasteiger partial charge in [0.1, 0.15) is 19.0 Å². The molecule has 0 saturated carbocycles. The van der Waals surface area contributed by atoms with E-state index in [1.807, 2.05) is 24.3 Å². The number of benzene rings is 2. The van der Waals surface area contributed by atoms with Gasteiger partial charge < -0.3 is 14.2 Å². The van der Waals surface area contributed by atoms with Crippen LogP contribution in [0.4, 0.5) is 0 Å². The molecule has 0 bridgehead atoms. The molecule has 1 heterocycles. The van der Waals surface area contributed by atoms with Gasteiger partial charge in [-0.25, -0.2) is 5.43 Å². The third-order valence-electron chi connectivity index (χ3n) is 4.60. The van der Waals surface area contributed by atoms with Crippen LogP contribution in [0, 0.1) is 13.8 Å². The molecule has 0 atom stereocenters. The van der Waals surface area contributed by atoms with Crippen molar-refractivity contribution in [3.05, 3.63) is 83.2 Å². The molecule has 2 aromatic carbocycles. The van der Waals surface area contributed by atoms with E-state index in [0.29, 0.717) is 30.3 Å². The number of hydrazone groups is 1. The number of aromatic nitrogens is 1. The first-order valence-electron chi connectivity index (χ1n) is 9.81. The van der Waals surface area contributed by atoms with Gasteiger partial charge in [0.15, 0.2) is 11.5 Å². The molecule has 0 unspecified atom stereocenters. The second-order valence-electron chi connectivity index (χ2n) is 6.79. The molecule has 0 saturated heterocycles. The molecule has 0 aliphatic rings. The Bertz CT molecular complexity index is 1050. The SMILES string of the molecule is COc1cc(C=NNC(=O)c2ccncc2)ccc1OCCOc1ccc(C)c(C)c1. The van der Waals surface area contributed by atoms with E-state index in [0.717, 1.165) is 11.3 Å². The van der Waals surface area contributed by atoms with E-state index in [9.17, 15) is 4.79 Å². The Morgan fingerprint density at radius 3 is 2.48 bits per heavy atom. The van der Waals surface area contributed by atoms with Crippen molar-refractivity contribution in [1.82, 2.24) is 10.4 Å².